The molecule has 0 saturated carbocycles. The molecular weight excluding hydrogens is 232 g/mol. The highest BCUT2D eigenvalue weighted by Gasteiger charge is 2.22. The minimum atomic E-state index is 0.549. The molecule has 0 spiro atoms. The van der Waals surface area contributed by atoms with Crippen LogP contribution in [0.4, 0.5) is 0 Å². The molecule has 0 amide bonds. The van der Waals surface area contributed by atoms with Crippen molar-refractivity contribution in [1.82, 2.24) is 5.32 Å². The quantitative estimate of drug-likeness (QED) is 0.804. The van der Waals surface area contributed by atoms with Crippen molar-refractivity contribution in [3.8, 4) is 0 Å². The first kappa shape index (κ1) is 10.8. The zero-order valence-corrected chi connectivity index (χ0v) is 10.5. The Hall–Kier alpha value is 0.320. The molecule has 2 rings (SSSR count). The Balaban J connectivity index is 2.24. The van der Waals surface area contributed by atoms with Crippen LogP contribution in [0.1, 0.15) is 24.9 Å². The molecule has 1 aliphatic heterocycles. The molecule has 0 bridgehead atoms. The van der Waals surface area contributed by atoms with E-state index in [4.69, 9.17) is 5.14 Å². The Morgan fingerprint density at radius 1 is 1.71 bits per heavy atom. The smallest absolute Gasteiger partial charge is 0.0764 e. The molecule has 1 unspecified atom stereocenters. The van der Waals surface area contributed by atoms with Crippen molar-refractivity contribution in [1.29, 1.82) is 0 Å². The van der Waals surface area contributed by atoms with Crippen LogP contribution < -0.4 is 10.5 Å². The molecule has 5 heteroatoms. The SMILES string of the molecule is CCNC1CCSc2sc(SN)cc21. The van der Waals surface area contributed by atoms with Gasteiger partial charge in [0.25, 0.3) is 0 Å². The van der Waals surface area contributed by atoms with Crippen molar-refractivity contribution in [3.63, 3.8) is 0 Å². The molecular formula is C9H14N2S3. The second-order valence-corrected chi connectivity index (χ2v) is 6.52. The normalized spacial score (nSPS) is 20.9. The van der Waals surface area contributed by atoms with E-state index in [0.29, 0.717) is 6.04 Å². The zero-order chi connectivity index (χ0) is 9.97. The van der Waals surface area contributed by atoms with Gasteiger partial charge in [-0.15, -0.1) is 23.1 Å². The minimum Gasteiger partial charge on any atom is -0.310 e. The average molecular weight is 246 g/mol. The minimum absolute atomic E-state index is 0.549. The fourth-order valence-corrected chi connectivity index (χ4v) is 4.81. The van der Waals surface area contributed by atoms with Gasteiger partial charge in [0.05, 0.1) is 8.42 Å². The van der Waals surface area contributed by atoms with Crippen LogP contribution in [0.5, 0.6) is 0 Å². The summed E-state index contributed by atoms with van der Waals surface area (Å²) in [7, 11) is 0. The van der Waals surface area contributed by atoms with Crippen molar-refractivity contribution in [2.75, 3.05) is 12.3 Å². The van der Waals surface area contributed by atoms with E-state index in [1.165, 1.54) is 38.1 Å². The Kier molecular flexibility index (Phi) is 3.79. The second kappa shape index (κ2) is 4.90. The van der Waals surface area contributed by atoms with E-state index in [0.717, 1.165) is 6.54 Å². The van der Waals surface area contributed by atoms with E-state index < -0.39 is 0 Å². The predicted octanol–water partition coefficient (Wildman–Crippen LogP) is 2.86. The first-order valence-corrected chi connectivity index (χ1v) is 7.40. The molecule has 3 N–H and O–H groups in total. The monoisotopic (exact) mass is 246 g/mol. The van der Waals surface area contributed by atoms with Gasteiger partial charge in [-0.3, -0.25) is 5.14 Å². The molecule has 2 nitrogen and oxygen atoms in total. The number of hydrogen-bond donors (Lipinski definition) is 2. The van der Waals surface area contributed by atoms with Gasteiger partial charge in [0, 0.05) is 11.8 Å². The number of nitrogens with one attached hydrogen (secondary N) is 1. The van der Waals surface area contributed by atoms with Crippen molar-refractivity contribution >= 4 is 35.0 Å². The number of fused-ring (bicyclic) bond motifs is 1. The number of nitrogens with two attached hydrogens (primary N) is 1. The number of thiophene rings is 1. The lowest BCUT2D eigenvalue weighted by atomic mass is 10.1. The molecule has 1 aromatic heterocycles. The summed E-state index contributed by atoms with van der Waals surface area (Å²) < 4.78 is 2.68. The molecule has 0 aliphatic carbocycles. The lowest BCUT2D eigenvalue weighted by Gasteiger charge is -2.22. The number of rotatable bonds is 3. The summed E-state index contributed by atoms with van der Waals surface area (Å²) in [5.41, 5.74) is 1.46. The van der Waals surface area contributed by atoms with Crippen LogP contribution in [0.3, 0.4) is 0 Å². The lowest BCUT2D eigenvalue weighted by Crippen LogP contribution is -2.23. The van der Waals surface area contributed by atoms with E-state index in [9.17, 15) is 0 Å². The highest BCUT2D eigenvalue weighted by molar-refractivity contribution is 8.02. The van der Waals surface area contributed by atoms with E-state index in [-0.39, 0.29) is 0 Å². The van der Waals surface area contributed by atoms with Crippen LogP contribution in [-0.2, 0) is 0 Å². The Morgan fingerprint density at radius 2 is 2.57 bits per heavy atom. The van der Waals surface area contributed by atoms with Crippen LogP contribution in [0.25, 0.3) is 0 Å². The van der Waals surface area contributed by atoms with Crippen molar-refractivity contribution in [2.24, 2.45) is 5.14 Å². The average Bonchev–Trinajstić information content (AvgIpc) is 2.62. The summed E-state index contributed by atoms with van der Waals surface area (Å²) in [6, 6.07) is 2.79. The lowest BCUT2D eigenvalue weighted by molar-refractivity contribution is 0.531. The molecule has 78 valence electrons. The fraction of sp³-hybridized carbons (Fsp3) is 0.556. The van der Waals surface area contributed by atoms with E-state index in [2.05, 4.69) is 18.3 Å². The molecule has 0 radical (unpaired) electrons. The molecule has 1 atom stereocenters. The number of thioether (sulfide) groups is 1. The van der Waals surface area contributed by atoms with Gasteiger partial charge >= 0.3 is 0 Å². The molecule has 14 heavy (non-hydrogen) atoms. The van der Waals surface area contributed by atoms with Crippen molar-refractivity contribution < 1.29 is 0 Å². The van der Waals surface area contributed by atoms with Gasteiger partial charge in [-0.05, 0) is 36.5 Å². The van der Waals surface area contributed by atoms with Gasteiger partial charge in [0.2, 0.25) is 0 Å². The van der Waals surface area contributed by atoms with Crippen LogP contribution in [0.2, 0.25) is 0 Å². The Labute approximate surface area is 97.2 Å². The largest absolute Gasteiger partial charge is 0.310 e. The highest BCUT2D eigenvalue weighted by Crippen LogP contribution is 2.43. The van der Waals surface area contributed by atoms with Crippen LogP contribution in [0, 0.1) is 0 Å². The van der Waals surface area contributed by atoms with Gasteiger partial charge in [0.15, 0.2) is 0 Å². The first-order chi connectivity index (χ1) is 6.85. The van der Waals surface area contributed by atoms with E-state index in [1.54, 1.807) is 0 Å². The van der Waals surface area contributed by atoms with Gasteiger partial charge in [0.1, 0.15) is 0 Å². The third-order valence-electron chi connectivity index (χ3n) is 2.28. The third-order valence-corrected chi connectivity index (χ3v) is 5.45. The summed E-state index contributed by atoms with van der Waals surface area (Å²) in [5.74, 6) is 1.22. The highest BCUT2D eigenvalue weighted by atomic mass is 32.2. The molecule has 0 saturated heterocycles. The third kappa shape index (κ3) is 2.12. The Morgan fingerprint density at radius 3 is 3.29 bits per heavy atom. The van der Waals surface area contributed by atoms with Crippen molar-refractivity contribution in [3.05, 3.63) is 11.6 Å². The number of hydrogen-bond acceptors (Lipinski definition) is 5. The topological polar surface area (TPSA) is 38.0 Å². The van der Waals surface area contributed by atoms with Crippen LogP contribution in [-0.4, -0.2) is 12.3 Å². The molecule has 2 heterocycles. The van der Waals surface area contributed by atoms with Gasteiger partial charge in [-0.25, -0.2) is 0 Å². The second-order valence-electron chi connectivity index (χ2n) is 3.17. The predicted molar refractivity (Wildman–Crippen MR) is 66.1 cm³/mol. The maximum Gasteiger partial charge on any atom is 0.0764 e. The summed E-state index contributed by atoms with van der Waals surface area (Å²) in [6.45, 7) is 3.20. The van der Waals surface area contributed by atoms with E-state index in [1.807, 2.05) is 23.1 Å². The fourth-order valence-electron chi connectivity index (χ4n) is 1.66. The summed E-state index contributed by atoms with van der Waals surface area (Å²) in [5, 5.41) is 9.10. The molecule has 0 aromatic carbocycles. The maximum absolute atomic E-state index is 5.58. The molecule has 1 aromatic rings. The molecule has 1 aliphatic rings. The standard InChI is InChI=1S/C9H14N2S3/c1-2-11-7-3-4-12-9-6(7)5-8(13-9)14-10/h5,7,11H,2-4,10H2,1H3. The maximum atomic E-state index is 5.58. The van der Waals surface area contributed by atoms with E-state index >= 15 is 0 Å². The Bertz CT molecular complexity index is 311. The van der Waals surface area contributed by atoms with Gasteiger partial charge < -0.3 is 5.32 Å². The van der Waals surface area contributed by atoms with Crippen molar-refractivity contribution in [2.45, 2.75) is 27.8 Å². The van der Waals surface area contributed by atoms with Crippen LogP contribution in [0.15, 0.2) is 14.5 Å². The molecule has 0 fully saturated rings. The first-order valence-electron chi connectivity index (χ1n) is 4.71. The summed E-state index contributed by atoms with van der Waals surface area (Å²) in [6.07, 6.45) is 1.23. The van der Waals surface area contributed by atoms with Gasteiger partial charge in [-0.2, -0.15) is 0 Å². The van der Waals surface area contributed by atoms with Crippen LogP contribution >= 0.6 is 35.0 Å². The zero-order valence-electron chi connectivity index (χ0n) is 8.08. The summed E-state index contributed by atoms with van der Waals surface area (Å²) >= 11 is 5.15. The van der Waals surface area contributed by atoms with Gasteiger partial charge in [-0.1, -0.05) is 6.92 Å². The summed E-state index contributed by atoms with van der Waals surface area (Å²) in [4.78, 5) is 0.